The second-order valence-electron chi connectivity index (χ2n) is 5.80. The third kappa shape index (κ3) is 5.88. The van der Waals surface area contributed by atoms with Gasteiger partial charge in [0.05, 0.1) is 0 Å². The standard InChI is InChI=1S/C16H31NO/c1-3-4-5-6-7-8-9-10-11-14-17-15(2)12-13-16(17)18/h15H,3-14H2,1-2H3. The molecule has 1 rings (SSSR count). The molecule has 0 aromatic rings. The highest BCUT2D eigenvalue weighted by atomic mass is 16.2. The zero-order valence-corrected chi connectivity index (χ0v) is 12.4. The lowest BCUT2D eigenvalue weighted by Crippen LogP contribution is -2.31. The minimum atomic E-state index is 0.377. The molecule has 1 atom stereocenters. The molecule has 1 unspecified atom stereocenters. The first-order chi connectivity index (χ1) is 8.75. The molecule has 1 fully saturated rings. The molecular formula is C16H31NO. The van der Waals surface area contributed by atoms with E-state index < -0.39 is 0 Å². The van der Waals surface area contributed by atoms with Crippen LogP contribution in [0.4, 0.5) is 0 Å². The number of nitrogens with zero attached hydrogens (tertiary/aromatic N) is 1. The fourth-order valence-electron chi connectivity index (χ4n) is 2.82. The number of likely N-dealkylation sites (tertiary alicyclic amines) is 1. The first kappa shape index (κ1) is 15.5. The van der Waals surface area contributed by atoms with Crippen molar-refractivity contribution in [1.82, 2.24) is 4.90 Å². The van der Waals surface area contributed by atoms with E-state index in [2.05, 4.69) is 18.7 Å². The molecule has 1 aliphatic rings. The third-order valence-corrected chi connectivity index (χ3v) is 4.13. The highest BCUT2D eigenvalue weighted by molar-refractivity contribution is 5.78. The van der Waals surface area contributed by atoms with E-state index in [9.17, 15) is 4.79 Å². The maximum atomic E-state index is 11.6. The van der Waals surface area contributed by atoms with Crippen LogP contribution in [0.15, 0.2) is 0 Å². The molecule has 0 aliphatic carbocycles. The van der Waals surface area contributed by atoms with Gasteiger partial charge in [-0.1, -0.05) is 58.3 Å². The van der Waals surface area contributed by atoms with Crippen LogP contribution in [0.1, 0.15) is 84.5 Å². The fraction of sp³-hybridized carbons (Fsp3) is 0.938. The Morgan fingerprint density at radius 1 is 1.00 bits per heavy atom. The topological polar surface area (TPSA) is 20.3 Å². The van der Waals surface area contributed by atoms with E-state index in [1.165, 1.54) is 57.8 Å². The number of carbonyl (C=O) groups excluding carboxylic acids is 1. The quantitative estimate of drug-likeness (QED) is 0.524. The maximum absolute atomic E-state index is 11.6. The molecule has 1 saturated heterocycles. The summed E-state index contributed by atoms with van der Waals surface area (Å²) in [5.74, 6) is 0.377. The van der Waals surface area contributed by atoms with Crippen LogP contribution >= 0.6 is 0 Å². The van der Waals surface area contributed by atoms with Crippen molar-refractivity contribution in [2.45, 2.75) is 90.5 Å². The zero-order valence-electron chi connectivity index (χ0n) is 12.4. The van der Waals surface area contributed by atoms with E-state index in [1.54, 1.807) is 0 Å². The lowest BCUT2D eigenvalue weighted by molar-refractivity contribution is -0.128. The van der Waals surface area contributed by atoms with Gasteiger partial charge in [0.15, 0.2) is 0 Å². The molecule has 1 amide bonds. The zero-order chi connectivity index (χ0) is 13.2. The Morgan fingerprint density at radius 2 is 1.56 bits per heavy atom. The Balaban J connectivity index is 1.88. The highest BCUT2D eigenvalue weighted by Gasteiger charge is 2.26. The predicted molar refractivity (Wildman–Crippen MR) is 77.6 cm³/mol. The molecule has 0 saturated carbocycles. The Kier molecular flexibility index (Phi) is 8.11. The van der Waals surface area contributed by atoms with Gasteiger partial charge in [-0.2, -0.15) is 0 Å². The van der Waals surface area contributed by atoms with Crippen molar-refractivity contribution in [1.29, 1.82) is 0 Å². The Bertz CT molecular complexity index is 227. The van der Waals surface area contributed by atoms with Crippen molar-refractivity contribution >= 4 is 5.91 Å². The Labute approximate surface area is 113 Å². The van der Waals surface area contributed by atoms with E-state index in [-0.39, 0.29) is 0 Å². The van der Waals surface area contributed by atoms with Crippen LogP contribution in [0.2, 0.25) is 0 Å². The van der Waals surface area contributed by atoms with Crippen LogP contribution in [-0.2, 0) is 4.79 Å². The molecule has 0 bridgehead atoms. The van der Waals surface area contributed by atoms with Crippen molar-refractivity contribution in [2.24, 2.45) is 0 Å². The van der Waals surface area contributed by atoms with E-state index in [1.807, 2.05) is 0 Å². The average Bonchev–Trinajstić information content (AvgIpc) is 2.68. The maximum Gasteiger partial charge on any atom is 0.222 e. The molecule has 0 N–H and O–H groups in total. The third-order valence-electron chi connectivity index (χ3n) is 4.13. The molecule has 0 spiro atoms. The van der Waals surface area contributed by atoms with E-state index in [0.717, 1.165) is 19.4 Å². The molecule has 0 aromatic heterocycles. The molecule has 18 heavy (non-hydrogen) atoms. The summed E-state index contributed by atoms with van der Waals surface area (Å²) in [6.45, 7) is 5.44. The van der Waals surface area contributed by atoms with E-state index in [4.69, 9.17) is 0 Å². The van der Waals surface area contributed by atoms with Gasteiger partial charge in [0.25, 0.3) is 0 Å². The molecule has 0 radical (unpaired) electrons. The molecule has 1 aliphatic heterocycles. The number of hydrogen-bond acceptors (Lipinski definition) is 1. The number of carbonyl (C=O) groups is 1. The first-order valence-corrected chi connectivity index (χ1v) is 8.05. The van der Waals surface area contributed by atoms with Crippen molar-refractivity contribution in [3.63, 3.8) is 0 Å². The van der Waals surface area contributed by atoms with Gasteiger partial charge in [0, 0.05) is 19.0 Å². The van der Waals surface area contributed by atoms with Crippen LogP contribution < -0.4 is 0 Å². The van der Waals surface area contributed by atoms with Gasteiger partial charge in [-0.15, -0.1) is 0 Å². The van der Waals surface area contributed by atoms with Gasteiger partial charge in [0.1, 0.15) is 0 Å². The summed E-state index contributed by atoms with van der Waals surface area (Å²) in [6, 6.07) is 0.492. The lowest BCUT2D eigenvalue weighted by Gasteiger charge is -2.21. The summed E-state index contributed by atoms with van der Waals surface area (Å²) < 4.78 is 0. The molecule has 1 heterocycles. The van der Waals surface area contributed by atoms with E-state index in [0.29, 0.717) is 11.9 Å². The summed E-state index contributed by atoms with van der Waals surface area (Å²) in [6.07, 6.45) is 14.0. The van der Waals surface area contributed by atoms with Crippen molar-refractivity contribution < 1.29 is 4.79 Å². The molecule has 2 nitrogen and oxygen atoms in total. The monoisotopic (exact) mass is 253 g/mol. The number of amides is 1. The highest BCUT2D eigenvalue weighted by Crippen LogP contribution is 2.19. The van der Waals surface area contributed by atoms with Gasteiger partial charge in [-0.25, -0.2) is 0 Å². The van der Waals surface area contributed by atoms with Gasteiger partial charge < -0.3 is 4.90 Å². The van der Waals surface area contributed by atoms with E-state index >= 15 is 0 Å². The molecule has 106 valence electrons. The Morgan fingerprint density at radius 3 is 2.06 bits per heavy atom. The molecule has 0 aromatic carbocycles. The number of rotatable bonds is 10. The predicted octanol–water partition coefficient (Wildman–Crippen LogP) is 4.53. The van der Waals surface area contributed by atoms with Crippen LogP contribution in [-0.4, -0.2) is 23.4 Å². The summed E-state index contributed by atoms with van der Waals surface area (Å²) in [7, 11) is 0. The summed E-state index contributed by atoms with van der Waals surface area (Å²) in [5, 5.41) is 0. The van der Waals surface area contributed by atoms with Gasteiger partial charge in [0.2, 0.25) is 5.91 Å². The van der Waals surface area contributed by atoms with Crippen LogP contribution in [0.25, 0.3) is 0 Å². The second-order valence-corrected chi connectivity index (χ2v) is 5.80. The molecule has 2 heteroatoms. The second kappa shape index (κ2) is 9.41. The lowest BCUT2D eigenvalue weighted by atomic mass is 10.1. The Hall–Kier alpha value is -0.530. The largest absolute Gasteiger partial charge is 0.340 e. The first-order valence-electron chi connectivity index (χ1n) is 8.05. The van der Waals surface area contributed by atoms with Crippen LogP contribution in [0, 0.1) is 0 Å². The average molecular weight is 253 g/mol. The number of unbranched alkanes of at least 4 members (excludes halogenated alkanes) is 8. The number of hydrogen-bond donors (Lipinski definition) is 0. The normalized spacial score (nSPS) is 19.8. The van der Waals surface area contributed by atoms with Gasteiger partial charge >= 0.3 is 0 Å². The van der Waals surface area contributed by atoms with Crippen molar-refractivity contribution in [2.75, 3.05) is 6.54 Å². The van der Waals surface area contributed by atoms with Crippen LogP contribution in [0.5, 0.6) is 0 Å². The summed E-state index contributed by atoms with van der Waals surface area (Å²) >= 11 is 0. The SMILES string of the molecule is CCCCCCCCCCCN1C(=O)CCC1C. The fourth-order valence-corrected chi connectivity index (χ4v) is 2.82. The summed E-state index contributed by atoms with van der Waals surface area (Å²) in [4.78, 5) is 13.7. The minimum absolute atomic E-state index is 0.377. The van der Waals surface area contributed by atoms with Crippen LogP contribution in [0.3, 0.4) is 0 Å². The van der Waals surface area contributed by atoms with Gasteiger partial charge in [-0.3, -0.25) is 4.79 Å². The van der Waals surface area contributed by atoms with Crippen molar-refractivity contribution in [3.8, 4) is 0 Å². The smallest absolute Gasteiger partial charge is 0.222 e. The molecular weight excluding hydrogens is 222 g/mol. The minimum Gasteiger partial charge on any atom is -0.340 e. The van der Waals surface area contributed by atoms with Crippen molar-refractivity contribution in [3.05, 3.63) is 0 Å². The van der Waals surface area contributed by atoms with Gasteiger partial charge in [-0.05, 0) is 19.8 Å². The summed E-state index contributed by atoms with van der Waals surface area (Å²) in [5.41, 5.74) is 0.